The van der Waals surface area contributed by atoms with Crippen molar-refractivity contribution >= 4 is 5.95 Å². The van der Waals surface area contributed by atoms with E-state index in [0.717, 1.165) is 5.56 Å². The van der Waals surface area contributed by atoms with Crippen LogP contribution < -0.4 is 19.9 Å². The first-order chi connectivity index (χ1) is 14.6. The van der Waals surface area contributed by atoms with E-state index >= 15 is 0 Å². The molecule has 9 heteroatoms. The summed E-state index contributed by atoms with van der Waals surface area (Å²) in [5, 5.41) is 0. The van der Waals surface area contributed by atoms with Crippen molar-refractivity contribution in [1.29, 1.82) is 0 Å². The van der Waals surface area contributed by atoms with E-state index < -0.39 is 0 Å². The lowest BCUT2D eigenvalue weighted by atomic mass is 10.1. The Hall–Kier alpha value is -3.46. The number of nitrogens with zero attached hydrogens (tertiary/aromatic N) is 5. The molecule has 0 aliphatic carbocycles. The average molecular weight is 409 g/mol. The van der Waals surface area contributed by atoms with Crippen LogP contribution in [0.5, 0.6) is 11.5 Å². The Morgan fingerprint density at radius 2 is 1.93 bits per heavy atom. The first kappa shape index (κ1) is 19.8. The molecule has 1 aliphatic rings. The summed E-state index contributed by atoms with van der Waals surface area (Å²) in [6, 6.07) is 8.95. The summed E-state index contributed by atoms with van der Waals surface area (Å²) in [6.07, 6.45) is 2.87. The van der Waals surface area contributed by atoms with Crippen molar-refractivity contribution in [3.8, 4) is 22.9 Å². The standard InChI is InChI=1S/C21H23N5O4/c1-25-20(27)11-16(15-6-7-22-13-23-15)24-21(25)26-8-9-30-19(12-26)14-4-5-17(28-2)18(10-14)29-3/h4-7,10-11,13,19H,8-9,12H2,1-3H3. The van der Waals surface area contributed by atoms with Crippen molar-refractivity contribution in [2.45, 2.75) is 6.10 Å². The van der Waals surface area contributed by atoms with Crippen molar-refractivity contribution in [3.05, 3.63) is 58.8 Å². The van der Waals surface area contributed by atoms with E-state index in [2.05, 4.69) is 14.9 Å². The molecule has 2 aromatic heterocycles. The van der Waals surface area contributed by atoms with Gasteiger partial charge < -0.3 is 19.1 Å². The van der Waals surface area contributed by atoms with Crippen LogP contribution in [0.3, 0.4) is 0 Å². The second-order valence-electron chi connectivity index (χ2n) is 6.85. The van der Waals surface area contributed by atoms with Crippen molar-refractivity contribution < 1.29 is 14.2 Å². The first-order valence-corrected chi connectivity index (χ1v) is 9.53. The SMILES string of the molecule is COc1ccc(C2CN(c3nc(-c4ccncn4)cc(=O)n3C)CCO2)cc1OC. The third kappa shape index (κ3) is 3.84. The fourth-order valence-electron chi connectivity index (χ4n) is 3.47. The molecular weight excluding hydrogens is 386 g/mol. The maximum Gasteiger partial charge on any atom is 0.255 e. The fourth-order valence-corrected chi connectivity index (χ4v) is 3.47. The largest absolute Gasteiger partial charge is 0.493 e. The minimum Gasteiger partial charge on any atom is -0.493 e. The maximum absolute atomic E-state index is 12.6. The summed E-state index contributed by atoms with van der Waals surface area (Å²) in [6.45, 7) is 1.67. The van der Waals surface area contributed by atoms with Gasteiger partial charge in [0, 0.05) is 25.9 Å². The van der Waals surface area contributed by atoms with Gasteiger partial charge in [-0.05, 0) is 23.8 Å². The Morgan fingerprint density at radius 1 is 1.10 bits per heavy atom. The second-order valence-corrected chi connectivity index (χ2v) is 6.85. The number of hydrogen-bond acceptors (Lipinski definition) is 8. The van der Waals surface area contributed by atoms with Crippen LogP contribution in [-0.4, -0.2) is 53.4 Å². The highest BCUT2D eigenvalue weighted by atomic mass is 16.5. The summed E-state index contributed by atoms with van der Waals surface area (Å²) in [4.78, 5) is 27.5. The summed E-state index contributed by atoms with van der Waals surface area (Å²) < 4.78 is 18.3. The Kier molecular flexibility index (Phi) is 5.62. The fraction of sp³-hybridized carbons (Fsp3) is 0.333. The Morgan fingerprint density at radius 3 is 2.67 bits per heavy atom. The van der Waals surface area contributed by atoms with E-state index in [-0.39, 0.29) is 11.7 Å². The predicted molar refractivity (Wildman–Crippen MR) is 111 cm³/mol. The number of aromatic nitrogens is 4. The van der Waals surface area contributed by atoms with Crippen molar-refractivity contribution in [2.75, 3.05) is 38.8 Å². The monoisotopic (exact) mass is 409 g/mol. The van der Waals surface area contributed by atoms with Crippen molar-refractivity contribution in [1.82, 2.24) is 19.5 Å². The highest BCUT2D eigenvalue weighted by Gasteiger charge is 2.26. The van der Waals surface area contributed by atoms with Crippen LogP contribution in [0, 0.1) is 0 Å². The number of ether oxygens (including phenoxy) is 3. The quantitative estimate of drug-likeness (QED) is 0.630. The molecule has 0 bridgehead atoms. The van der Waals surface area contributed by atoms with E-state index in [1.54, 1.807) is 38.1 Å². The smallest absolute Gasteiger partial charge is 0.255 e. The highest BCUT2D eigenvalue weighted by molar-refractivity contribution is 5.55. The zero-order chi connectivity index (χ0) is 21.1. The molecule has 1 aliphatic heterocycles. The van der Waals surface area contributed by atoms with Gasteiger partial charge in [-0.1, -0.05) is 6.07 Å². The molecule has 1 aromatic carbocycles. The normalized spacial score (nSPS) is 16.4. The van der Waals surface area contributed by atoms with E-state index in [0.29, 0.717) is 48.5 Å². The highest BCUT2D eigenvalue weighted by Crippen LogP contribution is 2.33. The Labute approximate surface area is 173 Å². The molecule has 0 spiro atoms. The minimum absolute atomic E-state index is 0.150. The third-order valence-electron chi connectivity index (χ3n) is 5.08. The topological polar surface area (TPSA) is 91.6 Å². The van der Waals surface area contributed by atoms with Gasteiger partial charge >= 0.3 is 0 Å². The van der Waals surface area contributed by atoms with Gasteiger partial charge in [-0.15, -0.1) is 0 Å². The number of methoxy groups -OCH3 is 2. The minimum atomic E-state index is -0.196. The summed E-state index contributed by atoms with van der Waals surface area (Å²) >= 11 is 0. The maximum atomic E-state index is 12.6. The van der Waals surface area contributed by atoms with Gasteiger partial charge in [0.05, 0.1) is 38.8 Å². The van der Waals surface area contributed by atoms with Crippen LogP contribution in [0.2, 0.25) is 0 Å². The molecule has 4 rings (SSSR count). The van der Waals surface area contributed by atoms with Crippen LogP contribution in [0.1, 0.15) is 11.7 Å². The molecule has 156 valence electrons. The van der Waals surface area contributed by atoms with Gasteiger partial charge in [-0.25, -0.2) is 15.0 Å². The molecule has 0 amide bonds. The molecule has 1 unspecified atom stereocenters. The molecule has 9 nitrogen and oxygen atoms in total. The lowest BCUT2D eigenvalue weighted by molar-refractivity contribution is 0.0388. The van der Waals surface area contributed by atoms with Crippen molar-refractivity contribution in [3.63, 3.8) is 0 Å². The molecule has 1 atom stereocenters. The van der Waals surface area contributed by atoms with Gasteiger partial charge in [0.25, 0.3) is 5.56 Å². The van der Waals surface area contributed by atoms with Crippen LogP contribution >= 0.6 is 0 Å². The van der Waals surface area contributed by atoms with Crippen LogP contribution in [0.25, 0.3) is 11.4 Å². The molecule has 1 fully saturated rings. The zero-order valence-electron chi connectivity index (χ0n) is 17.1. The van der Waals surface area contributed by atoms with Gasteiger partial charge in [-0.3, -0.25) is 9.36 Å². The summed E-state index contributed by atoms with van der Waals surface area (Å²) in [5.41, 5.74) is 1.94. The second kappa shape index (κ2) is 8.50. The zero-order valence-corrected chi connectivity index (χ0v) is 17.1. The lowest BCUT2D eigenvalue weighted by Gasteiger charge is -2.34. The van der Waals surface area contributed by atoms with E-state index in [4.69, 9.17) is 19.2 Å². The van der Waals surface area contributed by atoms with E-state index in [1.165, 1.54) is 12.4 Å². The molecule has 0 N–H and O–H groups in total. The molecule has 3 aromatic rings. The number of rotatable bonds is 5. The van der Waals surface area contributed by atoms with Crippen LogP contribution in [0.4, 0.5) is 5.95 Å². The van der Waals surface area contributed by atoms with Gasteiger partial charge in [0.2, 0.25) is 5.95 Å². The molecule has 0 saturated carbocycles. The number of anilines is 1. The number of morpholine rings is 1. The van der Waals surface area contributed by atoms with Crippen LogP contribution in [0.15, 0.2) is 47.7 Å². The van der Waals surface area contributed by atoms with Crippen molar-refractivity contribution in [2.24, 2.45) is 7.05 Å². The first-order valence-electron chi connectivity index (χ1n) is 9.53. The molecule has 30 heavy (non-hydrogen) atoms. The number of benzene rings is 1. The van der Waals surface area contributed by atoms with Gasteiger partial charge in [-0.2, -0.15) is 0 Å². The Balaban J connectivity index is 1.65. The lowest BCUT2D eigenvalue weighted by Crippen LogP contribution is -2.41. The van der Waals surface area contributed by atoms with E-state index in [9.17, 15) is 4.79 Å². The molecule has 0 radical (unpaired) electrons. The summed E-state index contributed by atoms with van der Waals surface area (Å²) in [5.74, 6) is 1.88. The Bertz CT molecular complexity index is 1090. The van der Waals surface area contributed by atoms with Gasteiger partial charge in [0.15, 0.2) is 11.5 Å². The predicted octanol–water partition coefficient (Wildman–Crippen LogP) is 1.83. The molecule has 3 heterocycles. The molecular formula is C21H23N5O4. The van der Waals surface area contributed by atoms with Crippen LogP contribution in [-0.2, 0) is 11.8 Å². The van der Waals surface area contributed by atoms with Gasteiger partial charge in [0.1, 0.15) is 12.4 Å². The average Bonchev–Trinajstić information content (AvgIpc) is 2.81. The molecule has 1 saturated heterocycles. The number of hydrogen-bond donors (Lipinski definition) is 0. The third-order valence-corrected chi connectivity index (χ3v) is 5.08. The summed E-state index contributed by atoms with van der Waals surface area (Å²) in [7, 11) is 4.93. The van der Waals surface area contributed by atoms with E-state index in [1.807, 2.05) is 18.2 Å².